The van der Waals surface area contributed by atoms with Gasteiger partial charge >= 0.3 is 0 Å². The van der Waals surface area contributed by atoms with E-state index in [0.717, 1.165) is 31.6 Å². The Labute approximate surface area is 180 Å². The second-order valence-electron chi connectivity index (χ2n) is 7.51. The van der Waals surface area contributed by atoms with E-state index in [1.807, 2.05) is 30.3 Å². The van der Waals surface area contributed by atoms with Crippen LogP contribution in [-0.2, 0) is 0 Å². The number of carbonyl (C=O) groups excluding carboxylic acids is 1. The maximum Gasteiger partial charge on any atom is 0.290 e. The van der Waals surface area contributed by atoms with Crippen molar-refractivity contribution >= 4 is 28.5 Å². The second kappa shape index (κ2) is 8.62. The SMILES string of the molecule is CCN(CC)CCCN1C(=O)c2oc3ccc(Cl)cc3c(=O)c2[C@@H]1c1ccccc1. The summed E-state index contributed by atoms with van der Waals surface area (Å²) in [4.78, 5) is 30.8. The highest BCUT2D eigenvalue weighted by atomic mass is 35.5. The molecule has 1 amide bonds. The molecule has 0 unspecified atom stereocenters. The van der Waals surface area contributed by atoms with Crippen molar-refractivity contribution in [2.45, 2.75) is 26.3 Å². The molecule has 1 aromatic heterocycles. The minimum atomic E-state index is -0.454. The molecule has 30 heavy (non-hydrogen) atoms. The van der Waals surface area contributed by atoms with Crippen LogP contribution >= 0.6 is 11.6 Å². The number of fused-ring (bicyclic) bond motifs is 2. The summed E-state index contributed by atoms with van der Waals surface area (Å²) in [6.07, 6.45) is 0.824. The summed E-state index contributed by atoms with van der Waals surface area (Å²) in [5.41, 5.74) is 1.50. The summed E-state index contributed by atoms with van der Waals surface area (Å²) in [7, 11) is 0. The average Bonchev–Trinajstić information content (AvgIpc) is 3.04. The molecule has 0 saturated heterocycles. The first-order valence-electron chi connectivity index (χ1n) is 10.4. The number of hydrogen-bond acceptors (Lipinski definition) is 4. The van der Waals surface area contributed by atoms with E-state index >= 15 is 0 Å². The quantitative estimate of drug-likeness (QED) is 0.550. The highest BCUT2D eigenvalue weighted by molar-refractivity contribution is 6.31. The summed E-state index contributed by atoms with van der Waals surface area (Å²) in [5, 5.41) is 0.867. The van der Waals surface area contributed by atoms with Crippen molar-refractivity contribution in [3.05, 3.63) is 80.7 Å². The van der Waals surface area contributed by atoms with E-state index in [1.54, 1.807) is 23.1 Å². The lowest BCUT2D eigenvalue weighted by molar-refractivity contribution is 0.0720. The Morgan fingerprint density at radius 1 is 1.07 bits per heavy atom. The van der Waals surface area contributed by atoms with Gasteiger partial charge in [-0.1, -0.05) is 55.8 Å². The van der Waals surface area contributed by atoms with Crippen LogP contribution in [0.5, 0.6) is 0 Å². The Hall–Kier alpha value is -2.63. The van der Waals surface area contributed by atoms with Crippen LogP contribution in [0.4, 0.5) is 0 Å². The van der Waals surface area contributed by atoms with E-state index in [4.69, 9.17) is 16.0 Å². The molecule has 0 saturated carbocycles. The summed E-state index contributed by atoms with van der Waals surface area (Å²) in [6, 6.07) is 14.1. The first-order chi connectivity index (χ1) is 14.5. The average molecular weight is 425 g/mol. The molecule has 0 bridgehead atoms. The van der Waals surface area contributed by atoms with Gasteiger partial charge in [0.2, 0.25) is 5.76 Å². The van der Waals surface area contributed by atoms with E-state index in [-0.39, 0.29) is 17.1 Å². The van der Waals surface area contributed by atoms with Crippen LogP contribution in [0.25, 0.3) is 11.0 Å². The van der Waals surface area contributed by atoms with Crippen molar-refractivity contribution < 1.29 is 9.21 Å². The maximum absolute atomic E-state index is 13.4. The molecular weight excluding hydrogens is 400 g/mol. The van der Waals surface area contributed by atoms with Crippen molar-refractivity contribution in [2.75, 3.05) is 26.2 Å². The Balaban J connectivity index is 1.79. The fraction of sp³-hybridized carbons (Fsp3) is 0.333. The monoisotopic (exact) mass is 424 g/mol. The Kier molecular flexibility index (Phi) is 5.93. The van der Waals surface area contributed by atoms with Crippen molar-refractivity contribution in [2.24, 2.45) is 0 Å². The molecule has 5 nitrogen and oxygen atoms in total. The first kappa shape index (κ1) is 20.6. The number of nitrogens with zero attached hydrogens (tertiary/aromatic N) is 2. The van der Waals surface area contributed by atoms with Gasteiger partial charge in [-0.2, -0.15) is 0 Å². The molecule has 3 aromatic rings. The third kappa shape index (κ3) is 3.64. The third-order valence-electron chi connectivity index (χ3n) is 5.81. The van der Waals surface area contributed by atoms with Crippen molar-refractivity contribution in [3.63, 3.8) is 0 Å². The summed E-state index contributed by atoms with van der Waals surface area (Å²) >= 11 is 6.12. The number of rotatable bonds is 7. The van der Waals surface area contributed by atoms with Gasteiger partial charge in [0.15, 0.2) is 5.43 Å². The summed E-state index contributed by atoms with van der Waals surface area (Å²) in [5.74, 6) is -0.0844. The molecular formula is C24H25ClN2O3. The number of amides is 1. The van der Waals surface area contributed by atoms with E-state index in [1.165, 1.54) is 0 Å². The molecule has 6 heteroatoms. The fourth-order valence-corrected chi connectivity index (χ4v) is 4.38. The molecule has 0 aliphatic carbocycles. The Morgan fingerprint density at radius 3 is 2.50 bits per heavy atom. The van der Waals surface area contributed by atoms with Gasteiger partial charge in [-0.05, 0) is 49.8 Å². The zero-order valence-electron chi connectivity index (χ0n) is 17.2. The van der Waals surface area contributed by atoms with Gasteiger partial charge < -0.3 is 14.2 Å². The molecule has 0 N–H and O–H groups in total. The van der Waals surface area contributed by atoms with Crippen LogP contribution in [0.3, 0.4) is 0 Å². The lowest BCUT2D eigenvalue weighted by atomic mass is 9.98. The molecule has 2 aromatic carbocycles. The lowest BCUT2D eigenvalue weighted by Gasteiger charge is -2.26. The minimum Gasteiger partial charge on any atom is -0.450 e. The van der Waals surface area contributed by atoms with E-state index in [9.17, 15) is 9.59 Å². The van der Waals surface area contributed by atoms with E-state index in [2.05, 4.69) is 18.7 Å². The molecule has 0 spiro atoms. The molecule has 156 valence electrons. The summed E-state index contributed by atoms with van der Waals surface area (Å²) in [6.45, 7) is 7.65. The van der Waals surface area contributed by atoms with Crippen LogP contribution in [-0.4, -0.2) is 41.9 Å². The normalized spacial score (nSPS) is 15.9. The topological polar surface area (TPSA) is 53.8 Å². The van der Waals surface area contributed by atoms with Gasteiger partial charge in [0.05, 0.1) is 17.0 Å². The molecule has 1 atom stereocenters. The first-order valence-corrected chi connectivity index (χ1v) is 10.8. The lowest BCUT2D eigenvalue weighted by Crippen LogP contribution is -2.33. The van der Waals surface area contributed by atoms with Crippen LogP contribution in [0.2, 0.25) is 5.02 Å². The second-order valence-corrected chi connectivity index (χ2v) is 7.94. The Bertz CT molecular complexity index is 1120. The highest BCUT2D eigenvalue weighted by Gasteiger charge is 2.42. The standard InChI is InChI=1S/C24H25ClN2O3/c1-3-26(4-2)13-8-14-27-21(16-9-6-5-7-10-16)20-22(28)18-15-17(25)11-12-19(18)30-23(20)24(27)29/h5-7,9-12,15,21H,3-4,8,13-14H2,1-2H3/t21-/m0/s1. The molecule has 0 fully saturated rings. The summed E-state index contributed by atoms with van der Waals surface area (Å²) < 4.78 is 5.94. The van der Waals surface area contributed by atoms with Crippen LogP contribution in [0, 0.1) is 0 Å². The molecule has 1 aliphatic rings. The maximum atomic E-state index is 13.4. The van der Waals surface area contributed by atoms with Crippen molar-refractivity contribution in [3.8, 4) is 0 Å². The number of halogens is 1. The zero-order chi connectivity index (χ0) is 21.3. The minimum absolute atomic E-state index is 0.145. The van der Waals surface area contributed by atoms with Gasteiger partial charge in [0, 0.05) is 11.6 Å². The van der Waals surface area contributed by atoms with E-state index < -0.39 is 6.04 Å². The molecule has 4 rings (SSSR count). The predicted molar refractivity (Wildman–Crippen MR) is 119 cm³/mol. The molecule has 1 aliphatic heterocycles. The fourth-order valence-electron chi connectivity index (χ4n) is 4.21. The molecule has 0 radical (unpaired) electrons. The van der Waals surface area contributed by atoms with E-state index in [0.29, 0.717) is 28.1 Å². The smallest absolute Gasteiger partial charge is 0.290 e. The number of benzene rings is 2. The molecule has 2 heterocycles. The number of hydrogen-bond donors (Lipinski definition) is 0. The largest absolute Gasteiger partial charge is 0.450 e. The van der Waals surface area contributed by atoms with Crippen molar-refractivity contribution in [1.29, 1.82) is 0 Å². The van der Waals surface area contributed by atoms with Crippen LogP contribution < -0.4 is 5.43 Å². The Morgan fingerprint density at radius 2 is 1.80 bits per heavy atom. The van der Waals surface area contributed by atoms with Crippen LogP contribution in [0.15, 0.2) is 57.7 Å². The third-order valence-corrected chi connectivity index (χ3v) is 6.05. The van der Waals surface area contributed by atoms with Gasteiger partial charge in [0.1, 0.15) is 5.58 Å². The van der Waals surface area contributed by atoms with Crippen molar-refractivity contribution in [1.82, 2.24) is 9.80 Å². The van der Waals surface area contributed by atoms with Gasteiger partial charge in [-0.15, -0.1) is 0 Å². The van der Waals surface area contributed by atoms with Gasteiger partial charge in [-0.3, -0.25) is 9.59 Å². The van der Waals surface area contributed by atoms with Crippen LogP contribution in [0.1, 0.15) is 48.0 Å². The predicted octanol–water partition coefficient (Wildman–Crippen LogP) is 4.72. The van der Waals surface area contributed by atoms with Gasteiger partial charge in [0.25, 0.3) is 5.91 Å². The highest BCUT2D eigenvalue weighted by Crippen LogP contribution is 2.38. The number of carbonyl (C=O) groups is 1. The van der Waals surface area contributed by atoms with Gasteiger partial charge in [-0.25, -0.2) is 0 Å². The zero-order valence-corrected chi connectivity index (χ0v) is 18.0.